The van der Waals surface area contributed by atoms with Crippen LogP contribution < -0.4 is 10.6 Å². The number of benzene rings is 1. The highest BCUT2D eigenvalue weighted by Crippen LogP contribution is 2.18. The number of carbonyl (C=O) groups is 3. The second-order valence-corrected chi connectivity index (χ2v) is 5.19. The lowest BCUT2D eigenvalue weighted by Gasteiger charge is -2.08. The minimum atomic E-state index is -0.646. The number of ether oxygens (including phenoxy) is 1. The predicted octanol–water partition coefficient (Wildman–Crippen LogP) is 1.45. The van der Waals surface area contributed by atoms with Crippen LogP contribution in [0.1, 0.15) is 34.3 Å². The summed E-state index contributed by atoms with van der Waals surface area (Å²) in [6.07, 6.45) is 1.87. The summed E-state index contributed by atoms with van der Waals surface area (Å²) in [5.41, 5.74) is 2.13. The quantitative estimate of drug-likeness (QED) is 0.822. The zero-order valence-corrected chi connectivity index (χ0v) is 12.1. The van der Waals surface area contributed by atoms with E-state index < -0.39 is 24.5 Å². The molecule has 6 nitrogen and oxygen atoms in total. The van der Waals surface area contributed by atoms with E-state index in [9.17, 15) is 14.4 Å². The highest BCUT2D eigenvalue weighted by molar-refractivity contribution is 5.97. The van der Waals surface area contributed by atoms with Gasteiger partial charge in [0, 0.05) is 6.04 Å². The molecule has 1 aliphatic rings. The highest BCUT2D eigenvalue weighted by Gasteiger charge is 2.24. The number of esters is 1. The first kappa shape index (κ1) is 15.0. The van der Waals surface area contributed by atoms with Gasteiger partial charge in [0.2, 0.25) is 0 Å². The third kappa shape index (κ3) is 4.59. The molecule has 0 atom stereocenters. The van der Waals surface area contributed by atoms with E-state index in [4.69, 9.17) is 4.74 Å². The standard InChI is InChI=1S/C15H18N2O4/c1-9-3-4-10(2)12(7-9)14(19)21-8-13(18)17-15(20)16-11-5-6-11/h3-4,7,11H,5-6,8H2,1-2H3,(H2,16,17,18,20). The monoisotopic (exact) mass is 290 g/mol. The fraction of sp³-hybridized carbons (Fsp3) is 0.400. The van der Waals surface area contributed by atoms with Gasteiger partial charge < -0.3 is 10.1 Å². The number of carbonyl (C=O) groups excluding carboxylic acids is 3. The summed E-state index contributed by atoms with van der Waals surface area (Å²) in [7, 11) is 0. The van der Waals surface area contributed by atoms with Crippen LogP contribution in [0.3, 0.4) is 0 Å². The molecule has 0 aromatic heterocycles. The van der Waals surface area contributed by atoms with Gasteiger partial charge in [0.15, 0.2) is 6.61 Å². The number of rotatable bonds is 4. The predicted molar refractivity (Wildman–Crippen MR) is 75.9 cm³/mol. The van der Waals surface area contributed by atoms with Crippen LogP contribution in [0, 0.1) is 13.8 Å². The Balaban J connectivity index is 1.81. The number of nitrogens with one attached hydrogen (secondary N) is 2. The fourth-order valence-electron chi connectivity index (χ4n) is 1.78. The molecule has 3 amide bonds. The van der Waals surface area contributed by atoms with E-state index in [1.54, 1.807) is 13.0 Å². The maximum absolute atomic E-state index is 11.9. The van der Waals surface area contributed by atoms with Crippen molar-refractivity contribution in [3.05, 3.63) is 34.9 Å². The number of hydrogen-bond acceptors (Lipinski definition) is 4. The number of aryl methyl sites for hydroxylation is 2. The third-order valence-corrected chi connectivity index (χ3v) is 3.11. The van der Waals surface area contributed by atoms with E-state index in [1.165, 1.54) is 0 Å². The van der Waals surface area contributed by atoms with Crippen molar-refractivity contribution >= 4 is 17.9 Å². The minimum absolute atomic E-state index is 0.162. The molecular formula is C15H18N2O4. The van der Waals surface area contributed by atoms with Crippen molar-refractivity contribution in [3.8, 4) is 0 Å². The smallest absolute Gasteiger partial charge is 0.338 e. The van der Waals surface area contributed by atoms with Crippen molar-refractivity contribution in [2.45, 2.75) is 32.7 Å². The Morgan fingerprint density at radius 1 is 1.24 bits per heavy atom. The van der Waals surface area contributed by atoms with E-state index in [0.717, 1.165) is 24.0 Å². The Morgan fingerprint density at radius 2 is 1.95 bits per heavy atom. The Kier molecular flexibility index (Phi) is 4.57. The highest BCUT2D eigenvalue weighted by atomic mass is 16.5. The molecule has 1 fully saturated rings. The molecule has 0 bridgehead atoms. The largest absolute Gasteiger partial charge is 0.452 e. The van der Waals surface area contributed by atoms with Gasteiger partial charge in [-0.3, -0.25) is 10.1 Å². The lowest BCUT2D eigenvalue weighted by molar-refractivity contribution is -0.123. The number of urea groups is 1. The zero-order valence-electron chi connectivity index (χ0n) is 12.1. The van der Waals surface area contributed by atoms with Crippen LogP contribution in [-0.2, 0) is 9.53 Å². The molecule has 1 aromatic rings. The Morgan fingerprint density at radius 3 is 2.62 bits per heavy atom. The van der Waals surface area contributed by atoms with Gasteiger partial charge in [-0.05, 0) is 38.3 Å². The van der Waals surface area contributed by atoms with Crippen LogP contribution in [0.15, 0.2) is 18.2 Å². The normalized spacial score (nSPS) is 13.4. The molecule has 0 aliphatic heterocycles. The number of amides is 3. The van der Waals surface area contributed by atoms with Gasteiger partial charge in [-0.2, -0.15) is 0 Å². The van der Waals surface area contributed by atoms with Crippen molar-refractivity contribution in [1.82, 2.24) is 10.6 Å². The first-order valence-corrected chi connectivity index (χ1v) is 6.80. The topological polar surface area (TPSA) is 84.5 Å². The van der Waals surface area contributed by atoms with Crippen molar-refractivity contribution in [2.75, 3.05) is 6.61 Å². The van der Waals surface area contributed by atoms with Crippen LogP contribution in [0.25, 0.3) is 0 Å². The lowest BCUT2D eigenvalue weighted by Crippen LogP contribution is -2.42. The maximum Gasteiger partial charge on any atom is 0.338 e. The van der Waals surface area contributed by atoms with E-state index in [-0.39, 0.29) is 6.04 Å². The van der Waals surface area contributed by atoms with Gasteiger partial charge in [0.05, 0.1) is 5.56 Å². The van der Waals surface area contributed by atoms with Crippen molar-refractivity contribution < 1.29 is 19.1 Å². The molecule has 0 saturated heterocycles. The Bertz CT molecular complexity index is 579. The Hall–Kier alpha value is -2.37. The van der Waals surface area contributed by atoms with Crippen LogP contribution >= 0.6 is 0 Å². The zero-order chi connectivity index (χ0) is 15.4. The van der Waals surface area contributed by atoms with Crippen molar-refractivity contribution in [1.29, 1.82) is 0 Å². The summed E-state index contributed by atoms with van der Waals surface area (Å²) in [4.78, 5) is 34.7. The minimum Gasteiger partial charge on any atom is -0.452 e. The third-order valence-electron chi connectivity index (χ3n) is 3.11. The van der Waals surface area contributed by atoms with Crippen LogP contribution in [0.4, 0.5) is 4.79 Å². The van der Waals surface area contributed by atoms with Gasteiger partial charge in [-0.1, -0.05) is 17.7 Å². The molecular weight excluding hydrogens is 272 g/mol. The van der Waals surface area contributed by atoms with E-state index in [2.05, 4.69) is 10.6 Å². The van der Waals surface area contributed by atoms with Crippen molar-refractivity contribution in [3.63, 3.8) is 0 Å². The molecule has 112 valence electrons. The Labute approximate surface area is 122 Å². The summed E-state index contributed by atoms with van der Waals surface area (Å²) in [5, 5.41) is 4.73. The first-order chi connectivity index (χ1) is 9.95. The average molecular weight is 290 g/mol. The van der Waals surface area contributed by atoms with Gasteiger partial charge in [-0.15, -0.1) is 0 Å². The van der Waals surface area contributed by atoms with Gasteiger partial charge >= 0.3 is 12.0 Å². The molecule has 1 aromatic carbocycles. The first-order valence-electron chi connectivity index (χ1n) is 6.80. The number of imide groups is 1. The summed E-state index contributed by atoms with van der Waals surface area (Å²) < 4.78 is 4.92. The molecule has 0 spiro atoms. The fourth-order valence-corrected chi connectivity index (χ4v) is 1.78. The van der Waals surface area contributed by atoms with Gasteiger partial charge in [0.25, 0.3) is 5.91 Å². The summed E-state index contributed by atoms with van der Waals surface area (Å²) in [5.74, 6) is -1.22. The summed E-state index contributed by atoms with van der Waals surface area (Å²) >= 11 is 0. The van der Waals surface area contributed by atoms with E-state index >= 15 is 0 Å². The van der Waals surface area contributed by atoms with Crippen LogP contribution in [0.2, 0.25) is 0 Å². The van der Waals surface area contributed by atoms with Crippen molar-refractivity contribution in [2.24, 2.45) is 0 Å². The molecule has 2 N–H and O–H groups in total. The van der Waals surface area contributed by atoms with E-state index in [1.807, 2.05) is 19.1 Å². The lowest BCUT2D eigenvalue weighted by atomic mass is 10.1. The summed E-state index contributed by atoms with van der Waals surface area (Å²) in [6, 6.07) is 5.02. The van der Waals surface area contributed by atoms with Gasteiger partial charge in [-0.25, -0.2) is 9.59 Å². The second kappa shape index (κ2) is 6.39. The molecule has 0 unspecified atom stereocenters. The van der Waals surface area contributed by atoms with Gasteiger partial charge in [0.1, 0.15) is 0 Å². The van der Waals surface area contributed by atoms with E-state index in [0.29, 0.717) is 5.56 Å². The molecule has 1 aliphatic carbocycles. The molecule has 6 heteroatoms. The molecule has 2 rings (SSSR count). The van der Waals surface area contributed by atoms with Crippen LogP contribution in [-0.4, -0.2) is 30.6 Å². The maximum atomic E-state index is 11.9. The SMILES string of the molecule is Cc1ccc(C)c(C(=O)OCC(=O)NC(=O)NC2CC2)c1. The number of hydrogen-bond donors (Lipinski definition) is 2. The van der Waals surface area contributed by atoms with Crippen LogP contribution in [0.5, 0.6) is 0 Å². The molecule has 21 heavy (non-hydrogen) atoms. The molecule has 0 heterocycles. The summed E-state index contributed by atoms with van der Waals surface area (Å²) in [6.45, 7) is 3.18. The second-order valence-electron chi connectivity index (χ2n) is 5.19. The molecule has 0 radical (unpaired) electrons. The molecule has 1 saturated carbocycles. The average Bonchev–Trinajstić information content (AvgIpc) is 3.22.